The molecule has 0 N–H and O–H groups in total. The molecule has 0 radical (unpaired) electrons. The van der Waals surface area contributed by atoms with Crippen LogP contribution >= 0.6 is 0 Å². The van der Waals surface area contributed by atoms with E-state index in [1.54, 1.807) is 36.9 Å². The molecule has 0 amide bonds. The zero-order chi connectivity index (χ0) is 16.8. The number of fused-ring (bicyclic) bond motifs is 4. The maximum atomic E-state index is 11.6. The van der Waals surface area contributed by atoms with Gasteiger partial charge in [0.25, 0.3) is 0 Å². The Balaban J connectivity index is 1.76. The predicted molar refractivity (Wildman–Crippen MR) is 78.4 cm³/mol. The number of hydrogen-bond donors (Lipinski definition) is 0. The first kappa shape index (κ1) is 15.7. The Labute approximate surface area is 137 Å². The highest BCUT2D eigenvalue weighted by molar-refractivity contribution is 5.60. The van der Waals surface area contributed by atoms with Crippen molar-refractivity contribution in [2.75, 3.05) is 0 Å². The monoisotopic (exact) mass is 330 g/mol. The van der Waals surface area contributed by atoms with Crippen LogP contribution in [0.15, 0.2) is 36.9 Å². The second-order valence-electron chi connectivity index (χ2n) is 5.06. The quantitative estimate of drug-likeness (QED) is 0.680. The molecular formula is C16H14N2O6. The Morgan fingerprint density at radius 3 is 1.17 bits per heavy atom. The van der Waals surface area contributed by atoms with Gasteiger partial charge in [0, 0.05) is 47.0 Å². The summed E-state index contributed by atoms with van der Waals surface area (Å²) in [4.78, 5) is 31.3. The van der Waals surface area contributed by atoms with E-state index in [9.17, 15) is 9.59 Å². The van der Waals surface area contributed by atoms with Gasteiger partial charge in [0.2, 0.25) is 0 Å². The van der Waals surface area contributed by atoms with Crippen molar-refractivity contribution in [3.05, 3.63) is 59.2 Å². The number of rotatable bonds is 0. The van der Waals surface area contributed by atoms with E-state index in [2.05, 4.69) is 9.97 Å². The van der Waals surface area contributed by atoms with Crippen LogP contribution in [0.3, 0.4) is 0 Å². The van der Waals surface area contributed by atoms with E-state index >= 15 is 0 Å². The molecule has 0 saturated heterocycles. The van der Waals surface area contributed by atoms with Gasteiger partial charge in [0.05, 0.1) is 0 Å². The molecule has 24 heavy (non-hydrogen) atoms. The molecule has 4 bridgehead atoms. The van der Waals surface area contributed by atoms with Crippen molar-refractivity contribution in [3.63, 3.8) is 0 Å². The minimum Gasteiger partial charge on any atom is -0.429 e. The maximum Gasteiger partial charge on any atom is 0.508 e. The fourth-order valence-corrected chi connectivity index (χ4v) is 2.05. The molecule has 0 unspecified atom stereocenters. The zero-order valence-corrected chi connectivity index (χ0v) is 12.6. The van der Waals surface area contributed by atoms with Gasteiger partial charge >= 0.3 is 12.3 Å². The van der Waals surface area contributed by atoms with Crippen LogP contribution in [0.2, 0.25) is 0 Å². The second kappa shape index (κ2) is 7.40. The number of cyclic esters (lactones) is 4. The summed E-state index contributed by atoms with van der Waals surface area (Å²) < 4.78 is 20.1. The van der Waals surface area contributed by atoms with Gasteiger partial charge in [0.15, 0.2) is 0 Å². The number of carbonyl (C=O) groups excluding carboxylic acids is 2. The van der Waals surface area contributed by atoms with E-state index in [1.165, 1.54) is 0 Å². The third-order valence-corrected chi connectivity index (χ3v) is 3.13. The zero-order valence-electron chi connectivity index (χ0n) is 12.6. The first-order chi connectivity index (χ1) is 11.7. The van der Waals surface area contributed by atoms with E-state index in [0.29, 0.717) is 22.3 Å². The fraction of sp³-hybridized carbons (Fsp3) is 0.250. The Hall–Kier alpha value is -3.16. The molecule has 124 valence electrons. The Morgan fingerprint density at radius 1 is 0.583 bits per heavy atom. The molecule has 0 atom stereocenters. The standard InChI is InChI=1S/C16H14N2O6/c19-15-21-7-11-1-12(4-17-3-11)8-22-16(20)24-10-14-2-13(9-23-15)5-18-6-14/h1-6H,7-10H2. The third-order valence-electron chi connectivity index (χ3n) is 3.13. The van der Waals surface area contributed by atoms with Crippen LogP contribution in [-0.4, -0.2) is 22.3 Å². The number of carbonyl (C=O) groups is 2. The molecule has 2 aromatic rings. The van der Waals surface area contributed by atoms with Gasteiger partial charge in [-0.3, -0.25) is 9.97 Å². The molecule has 0 saturated carbocycles. The first-order valence-electron chi connectivity index (χ1n) is 7.14. The maximum absolute atomic E-state index is 11.6. The number of ether oxygens (including phenoxy) is 4. The third kappa shape index (κ3) is 4.42. The lowest BCUT2D eigenvalue weighted by atomic mass is 10.2. The van der Waals surface area contributed by atoms with Crippen LogP contribution in [0.1, 0.15) is 22.3 Å². The van der Waals surface area contributed by atoms with Crippen molar-refractivity contribution in [2.24, 2.45) is 0 Å². The van der Waals surface area contributed by atoms with Crippen LogP contribution in [0, 0.1) is 0 Å². The first-order valence-corrected chi connectivity index (χ1v) is 7.14. The van der Waals surface area contributed by atoms with Gasteiger partial charge in [-0.15, -0.1) is 0 Å². The molecule has 8 heteroatoms. The number of hydrogen-bond acceptors (Lipinski definition) is 8. The van der Waals surface area contributed by atoms with Crippen molar-refractivity contribution in [3.8, 4) is 0 Å². The van der Waals surface area contributed by atoms with E-state index in [0.717, 1.165) is 0 Å². The fourth-order valence-electron chi connectivity index (χ4n) is 2.05. The van der Waals surface area contributed by atoms with Gasteiger partial charge in [-0.25, -0.2) is 9.59 Å². The van der Waals surface area contributed by atoms with Gasteiger partial charge < -0.3 is 18.9 Å². The Kier molecular flexibility index (Phi) is 4.85. The average molecular weight is 330 g/mol. The van der Waals surface area contributed by atoms with Gasteiger partial charge in [-0.1, -0.05) is 0 Å². The molecule has 1 aliphatic heterocycles. The highest BCUT2D eigenvalue weighted by atomic mass is 16.7. The van der Waals surface area contributed by atoms with Crippen LogP contribution < -0.4 is 0 Å². The summed E-state index contributed by atoms with van der Waals surface area (Å²) in [5, 5.41) is 0. The second-order valence-corrected chi connectivity index (χ2v) is 5.06. The highest BCUT2D eigenvalue weighted by Crippen LogP contribution is 2.11. The van der Waals surface area contributed by atoms with E-state index in [-0.39, 0.29) is 26.4 Å². The summed E-state index contributed by atoms with van der Waals surface area (Å²) in [6.07, 6.45) is 4.61. The Bertz CT molecular complexity index is 635. The van der Waals surface area contributed by atoms with Gasteiger partial charge in [0.1, 0.15) is 26.4 Å². The average Bonchev–Trinajstić information content (AvgIpc) is 2.61. The number of pyridine rings is 2. The van der Waals surface area contributed by atoms with Crippen molar-refractivity contribution >= 4 is 12.3 Å². The summed E-state index contributed by atoms with van der Waals surface area (Å²) in [6.45, 7) is 0.00956. The lowest BCUT2D eigenvalue weighted by molar-refractivity contribution is 0.0427. The van der Waals surface area contributed by atoms with Crippen LogP contribution in [0.25, 0.3) is 0 Å². The molecule has 1 aliphatic rings. The summed E-state index contributed by atoms with van der Waals surface area (Å²) in [6, 6.07) is 3.43. The molecule has 3 heterocycles. The number of nitrogens with zero attached hydrogens (tertiary/aromatic N) is 2. The minimum absolute atomic E-state index is 0.00239. The van der Waals surface area contributed by atoms with E-state index < -0.39 is 12.3 Å². The topological polar surface area (TPSA) is 96.8 Å². The minimum atomic E-state index is -0.791. The molecular weight excluding hydrogens is 316 g/mol. The van der Waals surface area contributed by atoms with Crippen molar-refractivity contribution in [2.45, 2.75) is 26.4 Å². The molecule has 3 rings (SSSR count). The number of aromatic nitrogens is 2. The Morgan fingerprint density at radius 2 is 0.875 bits per heavy atom. The summed E-state index contributed by atoms with van der Waals surface area (Å²) >= 11 is 0. The molecule has 0 aliphatic carbocycles. The molecule has 2 aromatic heterocycles. The van der Waals surface area contributed by atoms with Crippen LogP contribution in [0.4, 0.5) is 9.59 Å². The van der Waals surface area contributed by atoms with Crippen molar-refractivity contribution in [1.29, 1.82) is 0 Å². The van der Waals surface area contributed by atoms with Crippen molar-refractivity contribution < 1.29 is 28.5 Å². The molecule has 8 nitrogen and oxygen atoms in total. The SMILES string of the molecule is O=C1OCc2cncc(c2)COC(=O)OCc2cncc(c2)CO1. The summed E-state index contributed by atoms with van der Waals surface area (Å²) in [5.41, 5.74) is 2.60. The lowest BCUT2D eigenvalue weighted by Crippen LogP contribution is -2.10. The summed E-state index contributed by atoms with van der Waals surface area (Å²) in [5.74, 6) is 0. The highest BCUT2D eigenvalue weighted by Gasteiger charge is 2.10. The van der Waals surface area contributed by atoms with Crippen LogP contribution in [-0.2, 0) is 45.4 Å². The molecule has 0 aromatic carbocycles. The normalized spacial score (nSPS) is 15.5. The van der Waals surface area contributed by atoms with E-state index in [1.807, 2.05) is 0 Å². The smallest absolute Gasteiger partial charge is 0.429 e. The lowest BCUT2D eigenvalue weighted by Gasteiger charge is -2.10. The molecule has 0 fully saturated rings. The van der Waals surface area contributed by atoms with Crippen molar-refractivity contribution in [1.82, 2.24) is 9.97 Å². The van der Waals surface area contributed by atoms with Crippen LogP contribution in [0.5, 0.6) is 0 Å². The van der Waals surface area contributed by atoms with E-state index in [4.69, 9.17) is 18.9 Å². The molecule has 0 spiro atoms. The van der Waals surface area contributed by atoms with Gasteiger partial charge in [-0.05, 0) is 12.1 Å². The largest absolute Gasteiger partial charge is 0.508 e. The summed E-state index contributed by atoms with van der Waals surface area (Å²) in [7, 11) is 0. The van der Waals surface area contributed by atoms with Gasteiger partial charge in [-0.2, -0.15) is 0 Å². The predicted octanol–water partition coefficient (Wildman–Crippen LogP) is 2.50.